The molecule has 0 aliphatic carbocycles. The van der Waals surface area contributed by atoms with E-state index in [0.29, 0.717) is 12.2 Å². The monoisotopic (exact) mass is 293 g/mol. The van der Waals surface area contributed by atoms with Crippen LogP contribution >= 0.6 is 0 Å². The van der Waals surface area contributed by atoms with E-state index in [9.17, 15) is 24.5 Å². The number of hydrogen-bond acceptors (Lipinski definition) is 7. The molecule has 1 amide bonds. The predicted molar refractivity (Wildman–Crippen MR) is 64.0 cm³/mol. The van der Waals surface area contributed by atoms with Crippen LogP contribution in [0.5, 0.6) is 0 Å². The largest absolute Gasteiger partial charge is 0.478 e. The molecule has 0 fully saturated rings. The summed E-state index contributed by atoms with van der Waals surface area (Å²) in [6, 6.07) is 0. The number of nitrogens with one attached hydrogen (secondary N) is 1. The van der Waals surface area contributed by atoms with Crippen molar-refractivity contribution in [3.63, 3.8) is 0 Å². The summed E-state index contributed by atoms with van der Waals surface area (Å²) in [5.74, 6) is -2.75. The predicted octanol–water partition coefficient (Wildman–Crippen LogP) is -1.63. The summed E-state index contributed by atoms with van der Waals surface area (Å²) in [6.45, 7) is 0.255. The molecule has 0 saturated heterocycles. The van der Waals surface area contributed by atoms with Gasteiger partial charge in [0.15, 0.2) is 0 Å². The van der Waals surface area contributed by atoms with E-state index in [1.807, 2.05) is 0 Å². The molecule has 11 nitrogen and oxygen atoms in total. The molecule has 0 saturated carbocycles. The number of carboxylic acids is 2. The van der Waals surface area contributed by atoms with Crippen LogP contribution in [0.1, 0.15) is 6.42 Å². The van der Waals surface area contributed by atoms with Gasteiger partial charge < -0.3 is 26.1 Å². The second kappa shape index (κ2) is 12.8. The average molecular weight is 293 g/mol. The minimum absolute atomic E-state index is 0.125. The third-order valence-electron chi connectivity index (χ3n) is 1.36. The quantitative estimate of drug-likeness (QED) is 0.176. The molecule has 0 bridgehead atoms. The summed E-state index contributed by atoms with van der Waals surface area (Å²) >= 11 is 0. The average Bonchev–Trinajstić information content (AvgIpc) is 2.33. The molecule has 0 heterocycles. The molecule has 0 atom stereocenters. The Morgan fingerprint density at radius 1 is 1.25 bits per heavy atom. The Morgan fingerprint density at radius 3 is 2.10 bits per heavy atom. The fourth-order valence-electron chi connectivity index (χ4n) is 0.673. The molecule has 0 aliphatic heterocycles. The molecule has 0 radical (unpaired) electrons. The highest BCUT2D eigenvalue weighted by molar-refractivity contribution is 5.89. The van der Waals surface area contributed by atoms with E-state index < -0.39 is 17.0 Å². The van der Waals surface area contributed by atoms with Crippen LogP contribution in [0.3, 0.4) is 0 Å². The summed E-state index contributed by atoms with van der Waals surface area (Å²) in [5.41, 5.74) is 5.08. The molecule has 0 rings (SSSR count). The van der Waals surface area contributed by atoms with E-state index in [4.69, 9.17) is 15.9 Å². The number of nitrogens with two attached hydrogens (primary N) is 1. The maximum Gasteiger partial charge on any atom is 0.328 e. The van der Waals surface area contributed by atoms with Gasteiger partial charge >= 0.3 is 11.9 Å². The van der Waals surface area contributed by atoms with Gasteiger partial charge in [0.1, 0.15) is 6.61 Å². The fraction of sp³-hybridized carbons (Fsp3) is 0.444. The summed E-state index contributed by atoms with van der Waals surface area (Å²) in [6.07, 6.45) is 1.34. The number of rotatable bonds is 8. The van der Waals surface area contributed by atoms with Crippen molar-refractivity contribution in [2.24, 2.45) is 5.73 Å². The third-order valence-corrected chi connectivity index (χ3v) is 1.36. The molecule has 0 aromatic heterocycles. The molecular weight excluding hydrogens is 278 g/mol. The van der Waals surface area contributed by atoms with Crippen LogP contribution in [0, 0.1) is 10.1 Å². The highest BCUT2D eigenvalue weighted by Gasteiger charge is 1.98. The molecule has 20 heavy (non-hydrogen) atoms. The molecule has 11 heteroatoms. The minimum atomic E-state index is -1.26. The number of carbonyl (C=O) groups is 3. The topological polar surface area (TPSA) is 182 Å². The minimum Gasteiger partial charge on any atom is -0.478 e. The maximum atomic E-state index is 10.7. The van der Waals surface area contributed by atoms with E-state index in [1.54, 1.807) is 0 Å². The van der Waals surface area contributed by atoms with Crippen molar-refractivity contribution in [3.8, 4) is 0 Å². The first-order valence-corrected chi connectivity index (χ1v) is 5.17. The number of aliphatic carboxylic acids is 2. The number of carboxylic acid groups (broad SMARTS) is 2. The normalized spacial score (nSPS) is 9.25. The molecule has 5 N–H and O–H groups in total. The Kier molecular flexibility index (Phi) is 12.5. The Morgan fingerprint density at radius 2 is 1.75 bits per heavy atom. The summed E-state index contributed by atoms with van der Waals surface area (Å²) in [7, 11) is 0. The van der Waals surface area contributed by atoms with Crippen molar-refractivity contribution in [1.29, 1.82) is 0 Å². The number of hydrogen-bond donors (Lipinski definition) is 4. The maximum absolute atomic E-state index is 10.7. The van der Waals surface area contributed by atoms with Crippen molar-refractivity contribution < 1.29 is 34.5 Å². The highest BCUT2D eigenvalue weighted by atomic mass is 16.9. The Bertz CT molecular complexity index is 352. The summed E-state index contributed by atoms with van der Waals surface area (Å²) in [5, 5.41) is 26.7. The SMILES string of the molecule is NCCC(=O)NCCO[N+](=O)[O-].O=C(O)C=CC(=O)O. The molecular formula is C9H15N3O8. The zero-order valence-corrected chi connectivity index (χ0v) is 10.4. The molecule has 0 aliphatic rings. The number of nitrogens with zero attached hydrogens (tertiary/aromatic N) is 1. The van der Waals surface area contributed by atoms with Crippen LogP contribution in [0.2, 0.25) is 0 Å². The van der Waals surface area contributed by atoms with Crippen LogP contribution < -0.4 is 11.1 Å². The lowest BCUT2D eigenvalue weighted by atomic mass is 10.4. The van der Waals surface area contributed by atoms with Crippen molar-refractivity contribution in [3.05, 3.63) is 22.3 Å². The van der Waals surface area contributed by atoms with Gasteiger partial charge in [-0.1, -0.05) is 0 Å². The van der Waals surface area contributed by atoms with Crippen molar-refractivity contribution in [2.75, 3.05) is 19.7 Å². The van der Waals surface area contributed by atoms with Crippen LogP contribution in [-0.2, 0) is 19.2 Å². The van der Waals surface area contributed by atoms with Gasteiger partial charge in [0.25, 0.3) is 5.09 Å². The zero-order valence-electron chi connectivity index (χ0n) is 10.4. The Hall–Kier alpha value is -2.69. The fourth-order valence-corrected chi connectivity index (χ4v) is 0.673. The zero-order chi connectivity index (χ0) is 16.0. The summed E-state index contributed by atoms with van der Waals surface area (Å²) in [4.78, 5) is 43.3. The van der Waals surface area contributed by atoms with Gasteiger partial charge in [0.05, 0.1) is 0 Å². The van der Waals surface area contributed by atoms with Gasteiger partial charge in [-0.3, -0.25) is 4.79 Å². The van der Waals surface area contributed by atoms with Crippen molar-refractivity contribution in [1.82, 2.24) is 5.32 Å². The van der Waals surface area contributed by atoms with Gasteiger partial charge in [-0.05, 0) is 0 Å². The van der Waals surface area contributed by atoms with Crippen molar-refractivity contribution in [2.45, 2.75) is 6.42 Å². The first-order chi connectivity index (χ1) is 9.29. The molecule has 0 aromatic carbocycles. The summed E-state index contributed by atoms with van der Waals surface area (Å²) < 4.78 is 0. The van der Waals surface area contributed by atoms with E-state index in [0.717, 1.165) is 0 Å². The molecule has 0 unspecified atom stereocenters. The Labute approximate surface area is 113 Å². The van der Waals surface area contributed by atoms with Crippen LogP contribution in [0.25, 0.3) is 0 Å². The van der Waals surface area contributed by atoms with Crippen LogP contribution in [-0.4, -0.2) is 52.8 Å². The lowest BCUT2D eigenvalue weighted by Crippen LogP contribution is -2.29. The van der Waals surface area contributed by atoms with E-state index in [2.05, 4.69) is 10.2 Å². The number of amides is 1. The standard InChI is InChI=1S/C5H11N3O4.C4H4O4/c6-2-1-5(9)7-3-4-12-8(10)11;5-3(6)1-2-4(7)8/h1-4,6H2,(H,7,9);1-2H,(H,5,6)(H,7,8). The smallest absolute Gasteiger partial charge is 0.328 e. The Balaban J connectivity index is 0. The first-order valence-electron chi connectivity index (χ1n) is 5.17. The third kappa shape index (κ3) is 20.7. The van der Waals surface area contributed by atoms with E-state index in [-0.39, 0.29) is 32.0 Å². The van der Waals surface area contributed by atoms with Gasteiger partial charge in [-0.15, -0.1) is 10.1 Å². The highest BCUT2D eigenvalue weighted by Crippen LogP contribution is 1.76. The lowest BCUT2D eigenvalue weighted by Gasteiger charge is -2.01. The van der Waals surface area contributed by atoms with E-state index >= 15 is 0 Å². The van der Waals surface area contributed by atoms with Gasteiger partial charge in [0, 0.05) is 31.7 Å². The second-order valence-corrected chi connectivity index (χ2v) is 2.96. The molecule has 0 aromatic rings. The second-order valence-electron chi connectivity index (χ2n) is 2.96. The van der Waals surface area contributed by atoms with Gasteiger partial charge in [0.2, 0.25) is 5.91 Å². The number of carbonyl (C=O) groups excluding carboxylic acids is 1. The van der Waals surface area contributed by atoms with Gasteiger partial charge in [-0.2, -0.15) is 0 Å². The lowest BCUT2D eigenvalue weighted by molar-refractivity contribution is -0.757. The first kappa shape index (κ1) is 19.6. The van der Waals surface area contributed by atoms with E-state index in [1.165, 1.54) is 0 Å². The van der Waals surface area contributed by atoms with Crippen LogP contribution in [0.4, 0.5) is 0 Å². The van der Waals surface area contributed by atoms with Crippen molar-refractivity contribution >= 4 is 17.8 Å². The van der Waals surface area contributed by atoms with Crippen LogP contribution in [0.15, 0.2) is 12.2 Å². The van der Waals surface area contributed by atoms with Gasteiger partial charge in [-0.25, -0.2) is 9.59 Å². The molecule has 0 spiro atoms. The molecule has 114 valence electrons.